The van der Waals surface area contributed by atoms with E-state index in [1.165, 1.54) is 0 Å². The summed E-state index contributed by atoms with van der Waals surface area (Å²) >= 11 is 0. The normalized spacial score (nSPS) is 14.2. The number of carboxylic acid groups (broad SMARTS) is 2. The minimum absolute atomic E-state index is 0.217. The maximum atomic E-state index is 11.5. The quantitative estimate of drug-likeness (QED) is 0.735. The largest absolute Gasteiger partial charge is 0.481 e. The van der Waals surface area contributed by atoms with Gasteiger partial charge in [0.1, 0.15) is 0 Å². The predicted molar refractivity (Wildman–Crippen MR) is 61.2 cm³/mol. The van der Waals surface area contributed by atoms with Crippen LogP contribution in [0.3, 0.4) is 0 Å². The molecule has 0 saturated heterocycles. The van der Waals surface area contributed by atoms with Gasteiger partial charge in [0.15, 0.2) is 0 Å². The van der Waals surface area contributed by atoms with Crippen LogP contribution in [0.2, 0.25) is 0 Å². The number of rotatable bonds is 6. The molecule has 0 spiro atoms. The van der Waals surface area contributed by atoms with Crippen molar-refractivity contribution in [3.63, 3.8) is 0 Å². The van der Waals surface area contributed by atoms with Gasteiger partial charge in [-0.2, -0.15) is 0 Å². The first-order valence-electron chi connectivity index (χ1n) is 5.68. The molecule has 0 aliphatic heterocycles. The average molecular weight is 230 g/mol. The molecule has 0 aromatic rings. The van der Waals surface area contributed by atoms with Crippen molar-refractivity contribution in [3.8, 4) is 0 Å². The van der Waals surface area contributed by atoms with Crippen LogP contribution in [0.5, 0.6) is 0 Å². The third-order valence-corrected chi connectivity index (χ3v) is 3.56. The minimum atomic E-state index is -1.19. The number of aliphatic carboxylic acids is 2. The van der Waals surface area contributed by atoms with E-state index in [1.54, 1.807) is 34.6 Å². The summed E-state index contributed by atoms with van der Waals surface area (Å²) in [4.78, 5) is 22.8. The molecule has 4 nitrogen and oxygen atoms in total. The lowest BCUT2D eigenvalue weighted by atomic mass is 9.60. The fourth-order valence-corrected chi connectivity index (χ4v) is 2.83. The molecule has 0 aliphatic rings. The second kappa shape index (κ2) is 5.32. The zero-order chi connectivity index (χ0) is 13.1. The lowest BCUT2D eigenvalue weighted by molar-refractivity contribution is -0.171. The first-order valence-corrected chi connectivity index (χ1v) is 5.68. The molecule has 0 amide bonds. The molecule has 0 rings (SSSR count). The Morgan fingerprint density at radius 3 is 1.50 bits per heavy atom. The zero-order valence-corrected chi connectivity index (χ0v) is 10.7. The van der Waals surface area contributed by atoms with Crippen molar-refractivity contribution in [1.82, 2.24) is 0 Å². The molecule has 1 unspecified atom stereocenters. The molecular formula is C12H22O4. The Kier molecular flexibility index (Phi) is 4.97. The Balaban J connectivity index is 5.68. The van der Waals surface area contributed by atoms with Gasteiger partial charge in [-0.05, 0) is 18.3 Å². The number of hydrogen-bond acceptors (Lipinski definition) is 2. The van der Waals surface area contributed by atoms with E-state index in [0.29, 0.717) is 6.42 Å². The van der Waals surface area contributed by atoms with E-state index in [4.69, 9.17) is 0 Å². The summed E-state index contributed by atoms with van der Waals surface area (Å²) in [6.07, 6.45) is 0.331. The molecule has 0 saturated carbocycles. The molecular weight excluding hydrogens is 208 g/mol. The van der Waals surface area contributed by atoms with Crippen molar-refractivity contribution in [3.05, 3.63) is 0 Å². The van der Waals surface area contributed by atoms with E-state index in [2.05, 4.69) is 0 Å². The van der Waals surface area contributed by atoms with Gasteiger partial charge in [0.25, 0.3) is 0 Å². The number of carboxylic acids is 2. The SMILES string of the molecule is CCC(C(=O)O)C(C(=O)O)(C(C)C)C(C)C. The van der Waals surface area contributed by atoms with E-state index in [-0.39, 0.29) is 11.8 Å². The van der Waals surface area contributed by atoms with E-state index in [1.807, 2.05) is 0 Å². The standard InChI is InChI=1S/C12H22O4/c1-6-9(10(13)14)12(7(2)3,8(4)5)11(15)16/h7-9H,6H2,1-5H3,(H,13,14)(H,15,16). The van der Waals surface area contributed by atoms with Gasteiger partial charge < -0.3 is 10.2 Å². The molecule has 4 heteroatoms. The fourth-order valence-electron chi connectivity index (χ4n) is 2.83. The fraction of sp³-hybridized carbons (Fsp3) is 0.833. The van der Waals surface area contributed by atoms with Crippen LogP contribution in [-0.2, 0) is 9.59 Å². The first kappa shape index (κ1) is 14.9. The zero-order valence-electron chi connectivity index (χ0n) is 10.7. The maximum Gasteiger partial charge on any atom is 0.311 e. The lowest BCUT2D eigenvalue weighted by Crippen LogP contribution is -2.50. The molecule has 0 bridgehead atoms. The van der Waals surface area contributed by atoms with Crippen molar-refractivity contribution < 1.29 is 19.8 Å². The highest BCUT2D eigenvalue weighted by atomic mass is 16.4. The van der Waals surface area contributed by atoms with Crippen LogP contribution in [0, 0.1) is 23.2 Å². The van der Waals surface area contributed by atoms with Crippen LogP contribution in [0.4, 0.5) is 0 Å². The molecule has 1 atom stereocenters. The van der Waals surface area contributed by atoms with E-state index < -0.39 is 23.3 Å². The number of hydrogen-bond donors (Lipinski definition) is 2. The molecule has 2 N–H and O–H groups in total. The highest BCUT2D eigenvalue weighted by Crippen LogP contribution is 2.45. The van der Waals surface area contributed by atoms with Crippen LogP contribution < -0.4 is 0 Å². The van der Waals surface area contributed by atoms with Gasteiger partial charge in [-0.1, -0.05) is 34.6 Å². The van der Waals surface area contributed by atoms with Crippen LogP contribution in [-0.4, -0.2) is 22.2 Å². The molecule has 0 aliphatic carbocycles. The van der Waals surface area contributed by atoms with Crippen LogP contribution in [0.1, 0.15) is 41.0 Å². The van der Waals surface area contributed by atoms with Crippen molar-refractivity contribution in [2.75, 3.05) is 0 Å². The third kappa shape index (κ3) is 2.20. The summed E-state index contributed by atoms with van der Waals surface area (Å²) in [5, 5.41) is 18.6. The summed E-state index contributed by atoms with van der Waals surface area (Å²) in [6, 6.07) is 0. The Bertz CT molecular complexity index is 260. The average Bonchev–Trinajstić information content (AvgIpc) is 2.10. The molecule has 0 aromatic carbocycles. The second-order valence-electron chi connectivity index (χ2n) is 4.85. The van der Waals surface area contributed by atoms with E-state index in [9.17, 15) is 19.8 Å². The van der Waals surface area contributed by atoms with Gasteiger partial charge in [-0.15, -0.1) is 0 Å². The minimum Gasteiger partial charge on any atom is -0.481 e. The predicted octanol–water partition coefficient (Wildman–Crippen LogP) is 2.48. The molecule has 0 radical (unpaired) electrons. The highest BCUT2D eigenvalue weighted by Gasteiger charge is 2.53. The van der Waals surface area contributed by atoms with Gasteiger partial charge in [0.2, 0.25) is 0 Å². The third-order valence-electron chi connectivity index (χ3n) is 3.56. The van der Waals surface area contributed by atoms with Gasteiger partial charge in [0, 0.05) is 0 Å². The molecule has 0 heterocycles. The summed E-state index contributed by atoms with van der Waals surface area (Å²) in [7, 11) is 0. The maximum absolute atomic E-state index is 11.5. The van der Waals surface area contributed by atoms with Gasteiger partial charge in [-0.25, -0.2) is 0 Å². The Morgan fingerprint density at radius 1 is 1.06 bits per heavy atom. The monoisotopic (exact) mass is 230 g/mol. The summed E-state index contributed by atoms with van der Waals surface area (Å²) < 4.78 is 0. The molecule has 16 heavy (non-hydrogen) atoms. The lowest BCUT2D eigenvalue weighted by Gasteiger charge is -2.41. The molecule has 0 fully saturated rings. The van der Waals surface area contributed by atoms with E-state index in [0.717, 1.165) is 0 Å². The second-order valence-corrected chi connectivity index (χ2v) is 4.85. The van der Waals surface area contributed by atoms with Crippen LogP contribution in [0.25, 0.3) is 0 Å². The summed E-state index contributed by atoms with van der Waals surface area (Å²) in [6.45, 7) is 8.83. The van der Waals surface area contributed by atoms with Crippen LogP contribution >= 0.6 is 0 Å². The van der Waals surface area contributed by atoms with E-state index >= 15 is 0 Å². The Hall–Kier alpha value is -1.06. The summed E-state index contributed by atoms with van der Waals surface area (Å²) in [5.41, 5.74) is -1.19. The Morgan fingerprint density at radius 2 is 1.44 bits per heavy atom. The topological polar surface area (TPSA) is 74.6 Å². The molecule has 94 valence electrons. The molecule has 0 aromatic heterocycles. The van der Waals surface area contributed by atoms with Gasteiger partial charge in [0.05, 0.1) is 11.3 Å². The van der Waals surface area contributed by atoms with Crippen molar-refractivity contribution in [2.45, 2.75) is 41.0 Å². The van der Waals surface area contributed by atoms with Gasteiger partial charge in [-0.3, -0.25) is 9.59 Å². The number of carbonyl (C=O) groups is 2. The Labute approximate surface area is 96.7 Å². The van der Waals surface area contributed by atoms with Crippen molar-refractivity contribution >= 4 is 11.9 Å². The smallest absolute Gasteiger partial charge is 0.311 e. The first-order chi connectivity index (χ1) is 7.22. The highest BCUT2D eigenvalue weighted by molar-refractivity contribution is 5.84. The summed E-state index contributed by atoms with van der Waals surface area (Å²) in [5.74, 6) is -3.30. The van der Waals surface area contributed by atoms with Crippen molar-refractivity contribution in [2.24, 2.45) is 23.2 Å². The van der Waals surface area contributed by atoms with Gasteiger partial charge >= 0.3 is 11.9 Å². The van der Waals surface area contributed by atoms with Crippen molar-refractivity contribution in [1.29, 1.82) is 0 Å². The van der Waals surface area contributed by atoms with Crippen LogP contribution in [0.15, 0.2) is 0 Å².